The number of hydrogen-bond acceptors (Lipinski definition) is 3. The molecule has 0 heterocycles. The number of carboxylic acid groups (broad SMARTS) is 1. The second-order valence-electron chi connectivity index (χ2n) is 6.60. The molecule has 0 aromatic heterocycles. The summed E-state index contributed by atoms with van der Waals surface area (Å²) in [4.78, 5) is 11.0. The van der Waals surface area contributed by atoms with Gasteiger partial charge in [-0.05, 0) is 42.7 Å². The van der Waals surface area contributed by atoms with E-state index in [2.05, 4.69) is 5.32 Å². The predicted molar refractivity (Wildman–Crippen MR) is 96.2 cm³/mol. The lowest BCUT2D eigenvalue weighted by atomic mass is 9.80. The largest absolute Gasteiger partial charge is 0.478 e. The van der Waals surface area contributed by atoms with E-state index in [1.807, 2.05) is 6.08 Å². The molecule has 3 rings (SSSR count). The van der Waals surface area contributed by atoms with Crippen molar-refractivity contribution >= 4 is 11.7 Å². The quantitative estimate of drug-likeness (QED) is 0.544. The Bertz CT molecular complexity index is 899. The fraction of sp³-hybridized carbons (Fsp3) is 0.250. The third-order valence-corrected chi connectivity index (χ3v) is 4.74. The molecule has 0 spiro atoms. The summed E-state index contributed by atoms with van der Waals surface area (Å²) in [6.07, 6.45) is 2.78. The van der Waals surface area contributed by atoms with Crippen molar-refractivity contribution in [2.75, 3.05) is 11.9 Å². The van der Waals surface area contributed by atoms with Crippen LogP contribution in [-0.2, 0) is 0 Å². The summed E-state index contributed by atoms with van der Waals surface area (Å²) in [5, 5.41) is 12.2. The van der Waals surface area contributed by atoms with E-state index in [-0.39, 0.29) is 11.1 Å². The number of benzene rings is 2. The second-order valence-corrected chi connectivity index (χ2v) is 6.60. The van der Waals surface area contributed by atoms with E-state index in [1.165, 1.54) is 12.1 Å². The molecule has 0 radical (unpaired) electrons. The molecule has 2 atom stereocenters. The molecule has 142 valence electrons. The van der Waals surface area contributed by atoms with E-state index >= 15 is 0 Å². The lowest BCUT2D eigenvalue weighted by Crippen LogP contribution is -2.33. The molecule has 27 heavy (non-hydrogen) atoms. The predicted octanol–water partition coefficient (Wildman–Crippen LogP) is 4.05. The number of nitrogens with one attached hydrogen (secondary N) is 1. The van der Waals surface area contributed by atoms with Crippen LogP contribution < -0.4 is 11.1 Å². The highest BCUT2D eigenvalue weighted by Crippen LogP contribution is 2.33. The first-order valence-corrected chi connectivity index (χ1v) is 8.50. The molecule has 4 N–H and O–H groups in total. The molecule has 0 saturated carbocycles. The smallest absolute Gasteiger partial charge is 0.335 e. The van der Waals surface area contributed by atoms with Crippen molar-refractivity contribution in [2.45, 2.75) is 24.8 Å². The van der Waals surface area contributed by atoms with Crippen LogP contribution in [0.15, 0.2) is 48.0 Å². The van der Waals surface area contributed by atoms with Gasteiger partial charge in [-0.15, -0.1) is 0 Å². The molecular formula is C20H19F3N2O2. The summed E-state index contributed by atoms with van der Waals surface area (Å²) in [5.41, 5.74) is 8.08. The highest BCUT2D eigenvalue weighted by molar-refractivity contribution is 5.88. The SMILES string of the molecule is NC1CC(CNc2cccc(C(=O)O)c2)=CCC1c1cc(F)c(F)cc1F. The number of anilines is 1. The molecule has 0 amide bonds. The van der Waals surface area contributed by atoms with Gasteiger partial charge in [0.2, 0.25) is 0 Å². The molecule has 7 heteroatoms. The molecule has 2 aromatic rings. The van der Waals surface area contributed by atoms with Crippen molar-refractivity contribution in [1.29, 1.82) is 0 Å². The number of hydrogen-bond donors (Lipinski definition) is 3. The van der Waals surface area contributed by atoms with Crippen LogP contribution in [-0.4, -0.2) is 23.7 Å². The van der Waals surface area contributed by atoms with Crippen molar-refractivity contribution in [3.8, 4) is 0 Å². The topological polar surface area (TPSA) is 75.3 Å². The average Bonchev–Trinajstić information content (AvgIpc) is 2.64. The monoisotopic (exact) mass is 376 g/mol. The molecule has 0 fully saturated rings. The maximum Gasteiger partial charge on any atom is 0.335 e. The summed E-state index contributed by atoms with van der Waals surface area (Å²) in [5.74, 6) is -4.54. The molecule has 0 aliphatic heterocycles. The standard InChI is InChI=1S/C20H19F3N2O2/c21-16-9-18(23)17(22)8-15(16)14-5-4-11(6-19(14)24)10-25-13-3-1-2-12(7-13)20(26)27/h1-4,7-9,14,19,25H,5-6,10,24H2,(H,26,27). The third-order valence-electron chi connectivity index (χ3n) is 4.74. The van der Waals surface area contributed by atoms with Crippen LogP contribution in [0, 0.1) is 17.5 Å². The molecule has 2 unspecified atom stereocenters. The van der Waals surface area contributed by atoms with Gasteiger partial charge in [-0.1, -0.05) is 17.7 Å². The van der Waals surface area contributed by atoms with E-state index in [0.29, 0.717) is 31.1 Å². The van der Waals surface area contributed by atoms with E-state index in [0.717, 1.165) is 11.6 Å². The highest BCUT2D eigenvalue weighted by Gasteiger charge is 2.27. The minimum atomic E-state index is -1.22. The van der Waals surface area contributed by atoms with Gasteiger partial charge in [0.15, 0.2) is 11.6 Å². The van der Waals surface area contributed by atoms with E-state index in [1.54, 1.807) is 12.1 Å². The van der Waals surface area contributed by atoms with Gasteiger partial charge >= 0.3 is 5.97 Å². The Kier molecular flexibility index (Phi) is 5.51. The number of carbonyl (C=O) groups is 1. The summed E-state index contributed by atoms with van der Waals surface area (Å²) >= 11 is 0. The first-order chi connectivity index (χ1) is 12.8. The summed E-state index contributed by atoms with van der Waals surface area (Å²) < 4.78 is 40.6. The van der Waals surface area contributed by atoms with E-state index < -0.39 is 35.4 Å². The minimum Gasteiger partial charge on any atom is -0.478 e. The maximum absolute atomic E-state index is 14.0. The first kappa shape index (κ1) is 19.0. The van der Waals surface area contributed by atoms with Gasteiger partial charge in [0.25, 0.3) is 0 Å². The zero-order valence-corrected chi connectivity index (χ0v) is 14.4. The zero-order valence-electron chi connectivity index (χ0n) is 14.4. The van der Waals surface area contributed by atoms with Crippen molar-refractivity contribution in [1.82, 2.24) is 0 Å². The molecular weight excluding hydrogens is 357 g/mol. The van der Waals surface area contributed by atoms with Gasteiger partial charge in [0, 0.05) is 30.3 Å². The Morgan fingerprint density at radius 1 is 1.15 bits per heavy atom. The Balaban J connectivity index is 1.68. The van der Waals surface area contributed by atoms with Gasteiger partial charge in [0.1, 0.15) is 5.82 Å². The van der Waals surface area contributed by atoms with Crippen LogP contribution in [0.3, 0.4) is 0 Å². The highest BCUT2D eigenvalue weighted by atomic mass is 19.2. The number of allylic oxidation sites excluding steroid dienone is 1. The third kappa shape index (κ3) is 4.31. The van der Waals surface area contributed by atoms with Gasteiger partial charge in [-0.3, -0.25) is 0 Å². The number of rotatable bonds is 5. The summed E-state index contributed by atoms with van der Waals surface area (Å²) in [7, 11) is 0. The number of aromatic carboxylic acids is 1. The van der Waals surface area contributed by atoms with Crippen LogP contribution >= 0.6 is 0 Å². The van der Waals surface area contributed by atoms with E-state index in [4.69, 9.17) is 10.8 Å². The van der Waals surface area contributed by atoms with E-state index in [9.17, 15) is 18.0 Å². The fourth-order valence-electron chi connectivity index (χ4n) is 3.30. The number of carboxylic acids is 1. The molecule has 4 nitrogen and oxygen atoms in total. The van der Waals surface area contributed by atoms with Gasteiger partial charge in [-0.25, -0.2) is 18.0 Å². The Morgan fingerprint density at radius 3 is 2.59 bits per heavy atom. The van der Waals surface area contributed by atoms with Crippen molar-refractivity contribution in [3.05, 3.63) is 76.6 Å². The molecule has 2 aromatic carbocycles. The summed E-state index contributed by atoms with van der Waals surface area (Å²) in [6.45, 7) is 0.462. The normalized spacial score (nSPS) is 19.5. The minimum absolute atomic E-state index is 0.0822. The van der Waals surface area contributed by atoms with Crippen molar-refractivity contribution < 1.29 is 23.1 Å². The zero-order chi connectivity index (χ0) is 19.6. The number of nitrogens with two attached hydrogens (primary N) is 1. The maximum atomic E-state index is 14.0. The van der Waals surface area contributed by atoms with Gasteiger partial charge < -0.3 is 16.2 Å². The van der Waals surface area contributed by atoms with Gasteiger partial charge in [-0.2, -0.15) is 0 Å². The Labute approximate surface area is 154 Å². The molecule has 1 aliphatic rings. The van der Waals surface area contributed by atoms with Crippen LogP contribution in [0.25, 0.3) is 0 Å². The lowest BCUT2D eigenvalue weighted by molar-refractivity contribution is 0.0697. The lowest BCUT2D eigenvalue weighted by Gasteiger charge is -2.29. The van der Waals surface area contributed by atoms with Crippen molar-refractivity contribution in [2.24, 2.45) is 5.73 Å². The Morgan fingerprint density at radius 2 is 1.89 bits per heavy atom. The van der Waals surface area contributed by atoms with Crippen LogP contribution in [0.4, 0.5) is 18.9 Å². The molecule has 0 bridgehead atoms. The average molecular weight is 376 g/mol. The van der Waals surface area contributed by atoms with Crippen molar-refractivity contribution in [3.63, 3.8) is 0 Å². The fourth-order valence-corrected chi connectivity index (χ4v) is 3.30. The first-order valence-electron chi connectivity index (χ1n) is 8.50. The van der Waals surface area contributed by atoms with Crippen LogP contribution in [0.1, 0.15) is 34.7 Å². The number of halogens is 3. The van der Waals surface area contributed by atoms with Crippen LogP contribution in [0.5, 0.6) is 0 Å². The molecule has 0 saturated heterocycles. The molecule has 1 aliphatic carbocycles. The second kappa shape index (κ2) is 7.84. The Hall–Kier alpha value is -2.80. The van der Waals surface area contributed by atoms with Gasteiger partial charge in [0.05, 0.1) is 5.56 Å². The van der Waals surface area contributed by atoms with Crippen LogP contribution in [0.2, 0.25) is 0 Å². The summed E-state index contributed by atoms with van der Waals surface area (Å²) in [6, 6.07) is 7.44.